The molecule has 2 aliphatic rings. The molecule has 0 N–H and O–H groups in total. The molecule has 32 heavy (non-hydrogen) atoms. The molecule has 7 nitrogen and oxygen atoms in total. The third-order valence-corrected chi connectivity index (χ3v) is 6.45. The van der Waals surface area contributed by atoms with Crippen molar-refractivity contribution >= 4 is 29.2 Å². The van der Waals surface area contributed by atoms with Crippen molar-refractivity contribution in [3.05, 3.63) is 82.9 Å². The zero-order chi connectivity index (χ0) is 22.1. The van der Waals surface area contributed by atoms with Crippen LogP contribution in [0, 0.1) is 0 Å². The number of carbonyl (C=O) groups excluding carboxylic acids is 2. The average molecular weight is 451 g/mol. The highest BCUT2D eigenvalue weighted by Crippen LogP contribution is 2.28. The third-order valence-electron chi connectivity index (χ3n) is 6.16. The number of pyridine rings is 1. The Labute approximate surface area is 191 Å². The number of furan rings is 1. The van der Waals surface area contributed by atoms with Gasteiger partial charge in [0.15, 0.2) is 5.76 Å². The van der Waals surface area contributed by atoms with Crippen LogP contribution in [0.5, 0.6) is 0 Å². The highest BCUT2D eigenvalue weighted by Gasteiger charge is 2.38. The lowest BCUT2D eigenvalue weighted by atomic mass is 9.92. The Morgan fingerprint density at radius 1 is 0.969 bits per heavy atom. The molecule has 1 unspecified atom stereocenters. The van der Waals surface area contributed by atoms with Crippen molar-refractivity contribution in [1.29, 1.82) is 0 Å². The first-order chi connectivity index (χ1) is 15.6. The molecule has 1 aromatic carbocycles. The second-order valence-corrected chi connectivity index (χ2v) is 8.43. The molecule has 2 aliphatic heterocycles. The van der Waals surface area contributed by atoms with Crippen LogP contribution in [0.15, 0.2) is 65.4 Å². The first kappa shape index (κ1) is 20.6. The Hall–Kier alpha value is -3.32. The highest BCUT2D eigenvalue weighted by atomic mass is 35.5. The molecule has 2 amide bonds. The Bertz CT molecular complexity index is 1130. The lowest BCUT2D eigenvalue weighted by Crippen LogP contribution is -2.57. The minimum absolute atomic E-state index is 0.0359. The van der Waals surface area contributed by atoms with E-state index in [9.17, 15) is 9.59 Å². The zero-order valence-electron chi connectivity index (χ0n) is 17.5. The number of halogens is 1. The number of hydrogen-bond donors (Lipinski definition) is 0. The van der Waals surface area contributed by atoms with E-state index < -0.39 is 6.04 Å². The van der Waals surface area contributed by atoms with E-state index in [4.69, 9.17) is 16.0 Å². The topological polar surface area (TPSA) is 69.9 Å². The number of fused-ring (bicyclic) bond motifs is 1. The molecule has 0 aliphatic carbocycles. The molecule has 5 rings (SSSR count). The van der Waals surface area contributed by atoms with Crippen LogP contribution in [0.4, 0.5) is 5.82 Å². The fourth-order valence-electron chi connectivity index (χ4n) is 4.46. The molecule has 1 atom stereocenters. The molecule has 4 heterocycles. The summed E-state index contributed by atoms with van der Waals surface area (Å²) in [6.07, 6.45) is 3.69. The second kappa shape index (κ2) is 8.67. The van der Waals surface area contributed by atoms with Crippen LogP contribution in [0.25, 0.3) is 0 Å². The van der Waals surface area contributed by atoms with Gasteiger partial charge in [-0.1, -0.05) is 35.9 Å². The maximum Gasteiger partial charge on any atom is 0.290 e. The number of aromatic nitrogens is 1. The number of amides is 2. The van der Waals surface area contributed by atoms with Gasteiger partial charge in [0.2, 0.25) is 5.91 Å². The lowest BCUT2D eigenvalue weighted by Gasteiger charge is -2.41. The van der Waals surface area contributed by atoms with E-state index in [-0.39, 0.29) is 17.6 Å². The van der Waals surface area contributed by atoms with Crippen LogP contribution in [0.2, 0.25) is 5.02 Å². The van der Waals surface area contributed by atoms with E-state index in [0.29, 0.717) is 44.2 Å². The smallest absolute Gasteiger partial charge is 0.290 e. The van der Waals surface area contributed by atoms with E-state index in [0.717, 1.165) is 16.9 Å². The molecule has 1 saturated heterocycles. The Morgan fingerprint density at radius 2 is 1.75 bits per heavy atom. The van der Waals surface area contributed by atoms with Crippen LogP contribution in [0.3, 0.4) is 0 Å². The quantitative estimate of drug-likeness (QED) is 0.612. The lowest BCUT2D eigenvalue weighted by molar-refractivity contribution is -0.137. The standard InChI is InChI=1S/C24H23ClN4O3/c25-19-7-3-9-26-22(19)27-10-12-28(13-11-27)23(30)20-15-17-5-1-2-6-18(17)16-29(20)24(31)21-8-4-14-32-21/h1-9,14,20H,10-13,15-16H2. The van der Waals surface area contributed by atoms with E-state index >= 15 is 0 Å². The summed E-state index contributed by atoms with van der Waals surface area (Å²) in [6, 6.07) is 14.4. The van der Waals surface area contributed by atoms with Gasteiger partial charge in [0.25, 0.3) is 5.91 Å². The molecule has 8 heteroatoms. The van der Waals surface area contributed by atoms with Crippen molar-refractivity contribution in [2.45, 2.75) is 19.0 Å². The van der Waals surface area contributed by atoms with Gasteiger partial charge in [-0.05, 0) is 35.4 Å². The molecule has 0 spiro atoms. The van der Waals surface area contributed by atoms with Crippen molar-refractivity contribution in [3.63, 3.8) is 0 Å². The van der Waals surface area contributed by atoms with Crippen LogP contribution >= 0.6 is 11.6 Å². The fraction of sp³-hybridized carbons (Fsp3) is 0.292. The predicted octanol–water partition coefficient (Wildman–Crippen LogP) is 3.24. The van der Waals surface area contributed by atoms with Gasteiger partial charge in [-0.15, -0.1) is 0 Å². The molecule has 1 fully saturated rings. The number of anilines is 1. The van der Waals surface area contributed by atoms with Gasteiger partial charge in [-0.25, -0.2) is 4.98 Å². The van der Waals surface area contributed by atoms with Crippen LogP contribution < -0.4 is 4.90 Å². The summed E-state index contributed by atoms with van der Waals surface area (Å²) in [6.45, 7) is 2.75. The average Bonchev–Trinajstić information content (AvgIpc) is 3.38. The number of carbonyl (C=O) groups is 2. The number of rotatable bonds is 3. The van der Waals surface area contributed by atoms with Gasteiger partial charge in [0.1, 0.15) is 11.9 Å². The summed E-state index contributed by atoms with van der Waals surface area (Å²) >= 11 is 6.29. The van der Waals surface area contributed by atoms with Gasteiger partial charge < -0.3 is 19.1 Å². The molecular weight excluding hydrogens is 428 g/mol. The van der Waals surface area contributed by atoms with Crippen molar-refractivity contribution in [1.82, 2.24) is 14.8 Å². The number of benzene rings is 1. The van der Waals surface area contributed by atoms with Crippen molar-refractivity contribution in [2.75, 3.05) is 31.1 Å². The van der Waals surface area contributed by atoms with Gasteiger partial charge >= 0.3 is 0 Å². The number of piperazine rings is 1. The van der Waals surface area contributed by atoms with Crippen molar-refractivity contribution in [3.8, 4) is 0 Å². The van der Waals surface area contributed by atoms with Crippen molar-refractivity contribution in [2.24, 2.45) is 0 Å². The molecule has 164 valence electrons. The van der Waals surface area contributed by atoms with E-state index in [1.807, 2.05) is 35.2 Å². The maximum atomic E-state index is 13.6. The Morgan fingerprint density at radius 3 is 2.47 bits per heavy atom. The summed E-state index contributed by atoms with van der Waals surface area (Å²) < 4.78 is 5.34. The van der Waals surface area contributed by atoms with Crippen LogP contribution in [-0.4, -0.2) is 58.8 Å². The van der Waals surface area contributed by atoms with Gasteiger partial charge in [-0.2, -0.15) is 0 Å². The normalized spacial score (nSPS) is 18.4. The van der Waals surface area contributed by atoms with Gasteiger partial charge in [-0.3, -0.25) is 9.59 Å². The van der Waals surface area contributed by atoms with Gasteiger partial charge in [0.05, 0.1) is 11.3 Å². The van der Waals surface area contributed by atoms with E-state index in [1.54, 1.807) is 29.3 Å². The monoisotopic (exact) mass is 450 g/mol. The summed E-state index contributed by atoms with van der Waals surface area (Å²) in [4.78, 5) is 36.7. The van der Waals surface area contributed by atoms with E-state index in [1.165, 1.54) is 6.26 Å². The minimum atomic E-state index is -0.563. The first-order valence-corrected chi connectivity index (χ1v) is 11.0. The zero-order valence-corrected chi connectivity index (χ0v) is 18.2. The second-order valence-electron chi connectivity index (χ2n) is 8.02. The molecule has 0 bridgehead atoms. The molecule has 0 saturated carbocycles. The first-order valence-electron chi connectivity index (χ1n) is 10.7. The number of hydrogen-bond acceptors (Lipinski definition) is 5. The van der Waals surface area contributed by atoms with Crippen LogP contribution in [-0.2, 0) is 17.8 Å². The summed E-state index contributed by atoms with van der Waals surface area (Å²) in [5.41, 5.74) is 2.17. The summed E-state index contributed by atoms with van der Waals surface area (Å²) in [5, 5.41) is 0.603. The molecule has 2 aromatic heterocycles. The van der Waals surface area contributed by atoms with Crippen molar-refractivity contribution < 1.29 is 14.0 Å². The molecule has 3 aromatic rings. The Balaban J connectivity index is 1.35. The van der Waals surface area contributed by atoms with Gasteiger partial charge in [0, 0.05) is 45.3 Å². The van der Waals surface area contributed by atoms with E-state index in [2.05, 4.69) is 9.88 Å². The Kier molecular flexibility index (Phi) is 5.57. The maximum absolute atomic E-state index is 13.6. The van der Waals surface area contributed by atoms with Crippen LogP contribution in [0.1, 0.15) is 21.7 Å². The predicted molar refractivity (Wildman–Crippen MR) is 121 cm³/mol. The highest BCUT2D eigenvalue weighted by molar-refractivity contribution is 6.32. The largest absolute Gasteiger partial charge is 0.459 e. The molecular formula is C24H23ClN4O3. The molecule has 0 radical (unpaired) electrons. The minimum Gasteiger partial charge on any atom is -0.459 e. The summed E-state index contributed by atoms with van der Waals surface area (Å²) in [5.74, 6) is 0.687. The number of nitrogens with zero attached hydrogens (tertiary/aromatic N) is 4. The SMILES string of the molecule is O=C(C1Cc2ccccc2CN1C(=O)c1ccco1)N1CCN(c2ncccc2Cl)CC1. The third kappa shape index (κ3) is 3.84. The fourth-order valence-corrected chi connectivity index (χ4v) is 4.70. The summed E-state index contributed by atoms with van der Waals surface area (Å²) in [7, 11) is 0.